The molecule has 0 saturated heterocycles. The number of aromatic amines is 1. The Kier molecular flexibility index (Phi) is 4.88. The summed E-state index contributed by atoms with van der Waals surface area (Å²) in [4.78, 5) is 25.7. The topological polar surface area (TPSA) is 94.2 Å². The second-order valence-corrected chi connectivity index (χ2v) is 6.02. The van der Waals surface area contributed by atoms with E-state index in [1.54, 1.807) is 13.0 Å². The van der Waals surface area contributed by atoms with Gasteiger partial charge in [-0.3, -0.25) is 0 Å². The van der Waals surface area contributed by atoms with Crippen LogP contribution in [0.5, 0.6) is 0 Å². The van der Waals surface area contributed by atoms with Crippen LogP contribution in [0.1, 0.15) is 48.8 Å². The standard InChI is InChI=1S/C15H23N3O3/c1-9-4-3-5-11(6-9)8-16-15(21)18-12-7-10(2)17-13(12)14(19)20/h7,9,11,17H,3-6,8H2,1-2H3,(H,19,20)(H2,16,18,21). The molecule has 0 spiro atoms. The molecule has 1 fully saturated rings. The molecule has 1 aliphatic carbocycles. The molecule has 116 valence electrons. The van der Waals surface area contributed by atoms with Gasteiger partial charge in [0.1, 0.15) is 5.69 Å². The molecule has 1 aromatic heterocycles. The lowest BCUT2D eigenvalue weighted by molar-refractivity contribution is 0.0692. The lowest BCUT2D eigenvalue weighted by atomic mass is 9.82. The SMILES string of the molecule is Cc1cc(NC(=O)NCC2CCCC(C)C2)c(C(=O)O)[nH]1. The Morgan fingerprint density at radius 3 is 2.86 bits per heavy atom. The minimum Gasteiger partial charge on any atom is -0.477 e. The summed E-state index contributed by atoms with van der Waals surface area (Å²) in [6, 6.07) is 1.26. The molecule has 1 heterocycles. The number of carboxylic acids is 1. The van der Waals surface area contributed by atoms with Gasteiger partial charge in [0.05, 0.1) is 5.69 Å². The number of carbonyl (C=O) groups is 2. The molecule has 6 nitrogen and oxygen atoms in total. The number of H-pyrrole nitrogens is 1. The first-order valence-electron chi connectivity index (χ1n) is 7.43. The Morgan fingerprint density at radius 2 is 2.19 bits per heavy atom. The van der Waals surface area contributed by atoms with E-state index in [1.807, 2.05) is 0 Å². The van der Waals surface area contributed by atoms with E-state index in [0.717, 1.165) is 18.8 Å². The van der Waals surface area contributed by atoms with Crippen molar-refractivity contribution in [3.8, 4) is 0 Å². The number of aromatic nitrogens is 1. The van der Waals surface area contributed by atoms with Crippen molar-refractivity contribution in [2.75, 3.05) is 11.9 Å². The predicted octanol–water partition coefficient (Wildman–Crippen LogP) is 2.97. The maximum atomic E-state index is 11.9. The number of aromatic carboxylic acids is 1. The van der Waals surface area contributed by atoms with Gasteiger partial charge in [-0.1, -0.05) is 19.8 Å². The number of carbonyl (C=O) groups excluding carboxylic acids is 1. The summed E-state index contributed by atoms with van der Waals surface area (Å²) in [6.07, 6.45) is 4.78. The highest BCUT2D eigenvalue weighted by molar-refractivity contribution is 5.99. The van der Waals surface area contributed by atoms with Crippen molar-refractivity contribution in [1.82, 2.24) is 10.3 Å². The first kappa shape index (κ1) is 15.4. The van der Waals surface area contributed by atoms with E-state index in [0.29, 0.717) is 23.8 Å². The maximum Gasteiger partial charge on any atom is 0.354 e. The van der Waals surface area contributed by atoms with Gasteiger partial charge < -0.3 is 20.7 Å². The van der Waals surface area contributed by atoms with Crippen LogP contribution in [0.15, 0.2) is 6.07 Å². The smallest absolute Gasteiger partial charge is 0.354 e. The van der Waals surface area contributed by atoms with E-state index in [2.05, 4.69) is 22.5 Å². The number of anilines is 1. The minimum absolute atomic E-state index is 0.00828. The van der Waals surface area contributed by atoms with Gasteiger partial charge in [0, 0.05) is 12.2 Å². The molecule has 1 aromatic rings. The number of urea groups is 1. The molecule has 1 saturated carbocycles. The molecule has 2 unspecified atom stereocenters. The molecule has 2 rings (SSSR count). The summed E-state index contributed by atoms with van der Waals surface area (Å²) in [5.74, 6) is 0.158. The highest BCUT2D eigenvalue weighted by Gasteiger charge is 2.20. The second-order valence-electron chi connectivity index (χ2n) is 6.02. The van der Waals surface area contributed by atoms with E-state index >= 15 is 0 Å². The third-order valence-electron chi connectivity index (χ3n) is 4.01. The van der Waals surface area contributed by atoms with Crippen molar-refractivity contribution >= 4 is 17.7 Å². The van der Waals surface area contributed by atoms with Crippen LogP contribution in [0.3, 0.4) is 0 Å². The number of aryl methyl sites for hydroxylation is 1. The fraction of sp³-hybridized carbons (Fsp3) is 0.600. The van der Waals surface area contributed by atoms with E-state index in [-0.39, 0.29) is 11.7 Å². The van der Waals surface area contributed by atoms with E-state index in [1.165, 1.54) is 12.8 Å². The van der Waals surface area contributed by atoms with E-state index < -0.39 is 5.97 Å². The quantitative estimate of drug-likeness (QED) is 0.687. The summed E-state index contributed by atoms with van der Waals surface area (Å²) < 4.78 is 0. The zero-order valence-electron chi connectivity index (χ0n) is 12.5. The molecule has 0 bridgehead atoms. The summed E-state index contributed by atoms with van der Waals surface area (Å²) in [7, 11) is 0. The number of rotatable bonds is 4. The first-order valence-corrected chi connectivity index (χ1v) is 7.43. The van der Waals surface area contributed by atoms with Gasteiger partial charge in [-0.15, -0.1) is 0 Å². The van der Waals surface area contributed by atoms with Crippen molar-refractivity contribution in [2.45, 2.75) is 39.5 Å². The monoisotopic (exact) mass is 293 g/mol. The zero-order chi connectivity index (χ0) is 15.4. The number of nitrogens with one attached hydrogen (secondary N) is 3. The van der Waals surface area contributed by atoms with Gasteiger partial charge >= 0.3 is 12.0 Å². The molecule has 2 amide bonds. The Labute approximate surface area is 124 Å². The van der Waals surface area contributed by atoms with Gasteiger partial charge in [-0.05, 0) is 37.7 Å². The van der Waals surface area contributed by atoms with E-state index in [9.17, 15) is 9.59 Å². The molecule has 21 heavy (non-hydrogen) atoms. The van der Waals surface area contributed by atoms with Crippen LogP contribution < -0.4 is 10.6 Å². The molecular formula is C15H23N3O3. The Hall–Kier alpha value is -1.98. The van der Waals surface area contributed by atoms with Gasteiger partial charge in [0.2, 0.25) is 0 Å². The number of amides is 2. The lowest BCUT2D eigenvalue weighted by Crippen LogP contribution is -2.34. The Balaban J connectivity index is 1.86. The average molecular weight is 293 g/mol. The van der Waals surface area contributed by atoms with Gasteiger partial charge in [-0.25, -0.2) is 9.59 Å². The molecule has 0 radical (unpaired) electrons. The molecule has 6 heteroatoms. The lowest BCUT2D eigenvalue weighted by Gasteiger charge is -2.26. The zero-order valence-corrected chi connectivity index (χ0v) is 12.5. The van der Waals surface area contributed by atoms with Crippen molar-refractivity contribution in [2.24, 2.45) is 11.8 Å². The molecule has 1 aliphatic rings. The molecule has 4 N–H and O–H groups in total. The van der Waals surface area contributed by atoms with Gasteiger partial charge in [-0.2, -0.15) is 0 Å². The summed E-state index contributed by atoms with van der Waals surface area (Å²) in [5, 5.41) is 14.5. The third kappa shape index (κ3) is 4.24. The van der Waals surface area contributed by atoms with E-state index in [4.69, 9.17) is 5.11 Å². The van der Waals surface area contributed by atoms with Crippen LogP contribution in [0.4, 0.5) is 10.5 Å². The highest BCUT2D eigenvalue weighted by atomic mass is 16.4. The molecule has 0 aromatic carbocycles. The first-order chi connectivity index (χ1) is 9.95. The van der Waals surface area contributed by atoms with Crippen LogP contribution in [0.25, 0.3) is 0 Å². The van der Waals surface area contributed by atoms with Crippen LogP contribution in [-0.2, 0) is 0 Å². The van der Waals surface area contributed by atoms with Crippen molar-refractivity contribution in [1.29, 1.82) is 0 Å². The molecule has 2 atom stereocenters. The van der Waals surface area contributed by atoms with Gasteiger partial charge in [0.15, 0.2) is 0 Å². The predicted molar refractivity (Wildman–Crippen MR) is 80.6 cm³/mol. The van der Waals surface area contributed by atoms with Crippen molar-refractivity contribution in [3.05, 3.63) is 17.5 Å². The number of carboxylic acid groups (broad SMARTS) is 1. The second kappa shape index (κ2) is 6.65. The summed E-state index contributed by atoms with van der Waals surface area (Å²) in [5.41, 5.74) is 1.01. The van der Waals surface area contributed by atoms with Crippen molar-refractivity contribution in [3.63, 3.8) is 0 Å². The summed E-state index contributed by atoms with van der Waals surface area (Å²) >= 11 is 0. The molecule has 0 aliphatic heterocycles. The fourth-order valence-corrected chi connectivity index (χ4v) is 3.01. The Morgan fingerprint density at radius 1 is 1.43 bits per heavy atom. The highest BCUT2D eigenvalue weighted by Crippen LogP contribution is 2.27. The fourth-order valence-electron chi connectivity index (χ4n) is 3.01. The van der Waals surface area contributed by atoms with Gasteiger partial charge in [0.25, 0.3) is 0 Å². The molecular weight excluding hydrogens is 270 g/mol. The number of hydrogen-bond donors (Lipinski definition) is 4. The van der Waals surface area contributed by atoms with Crippen LogP contribution >= 0.6 is 0 Å². The minimum atomic E-state index is -1.08. The largest absolute Gasteiger partial charge is 0.477 e. The summed E-state index contributed by atoms with van der Waals surface area (Å²) in [6.45, 7) is 4.63. The van der Waals surface area contributed by atoms with Crippen LogP contribution in [0.2, 0.25) is 0 Å². The maximum absolute atomic E-state index is 11.9. The van der Waals surface area contributed by atoms with Crippen molar-refractivity contribution < 1.29 is 14.7 Å². The Bertz CT molecular complexity index is 524. The number of hydrogen-bond acceptors (Lipinski definition) is 2. The van der Waals surface area contributed by atoms with Crippen LogP contribution in [0, 0.1) is 18.8 Å². The van der Waals surface area contributed by atoms with Crippen LogP contribution in [-0.4, -0.2) is 28.6 Å². The third-order valence-corrected chi connectivity index (χ3v) is 4.01. The normalized spacial score (nSPS) is 21.8. The average Bonchev–Trinajstić information content (AvgIpc) is 2.77.